The molecule has 3 rings (SSSR count). The van der Waals surface area contributed by atoms with Gasteiger partial charge in [-0.05, 0) is 29.8 Å². The van der Waals surface area contributed by atoms with Crippen molar-refractivity contribution in [3.8, 4) is 11.4 Å². The lowest BCUT2D eigenvalue weighted by molar-refractivity contribution is -0.137. The van der Waals surface area contributed by atoms with Crippen molar-refractivity contribution in [2.24, 2.45) is 0 Å². The Balaban J connectivity index is 1.93. The van der Waals surface area contributed by atoms with Gasteiger partial charge in [-0.1, -0.05) is 30.3 Å². The SMILES string of the molecule is FC(F)(F)c1ccc(OCc2ccccc2)c(-n2cccn2)c1. The van der Waals surface area contributed by atoms with Gasteiger partial charge in [0.25, 0.3) is 0 Å². The fourth-order valence-corrected chi connectivity index (χ4v) is 2.14. The monoisotopic (exact) mass is 318 g/mol. The first-order chi connectivity index (χ1) is 11.0. The molecule has 3 nitrogen and oxygen atoms in total. The largest absolute Gasteiger partial charge is 0.487 e. The summed E-state index contributed by atoms with van der Waals surface area (Å²) in [5.41, 5.74) is 0.439. The van der Waals surface area contributed by atoms with Gasteiger partial charge < -0.3 is 4.74 Å². The van der Waals surface area contributed by atoms with E-state index in [0.717, 1.165) is 17.7 Å². The number of hydrogen-bond acceptors (Lipinski definition) is 2. The van der Waals surface area contributed by atoms with E-state index >= 15 is 0 Å². The molecular formula is C17H13F3N2O. The third kappa shape index (κ3) is 3.53. The van der Waals surface area contributed by atoms with Crippen molar-refractivity contribution >= 4 is 0 Å². The van der Waals surface area contributed by atoms with E-state index < -0.39 is 11.7 Å². The summed E-state index contributed by atoms with van der Waals surface area (Å²) in [6.07, 6.45) is -1.34. The number of nitrogens with zero attached hydrogens (tertiary/aromatic N) is 2. The van der Waals surface area contributed by atoms with E-state index in [0.29, 0.717) is 5.75 Å². The number of ether oxygens (including phenoxy) is 1. The summed E-state index contributed by atoms with van der Waals surface area (Å²) >= 11 is 0. The van der Waals surface area contributed by atoms with E-state index in [-0.39, 0.29) is 12.3 Å². The Labute approximate surface area is 130 Å². The van der Waals surface area contributed by atoms with Gasteiger partial charge in [0.05, 0.1) is 5.56 Å². The van der Waals surface area contributed by atoms with Gasteiger partial charge in [0.2, 0.25) is 0 Å². The second-order valence-corrected chi connectivity index (χ2v) is 4.91. The fourth-order valence-electron chi connectivity index (χ4n) is 2.14. The summed E-state index contributed by atoms with van der Waals surface area (Å²) in [7, 11) is 0. The molecule has 0 amide bonds. The van der Waals surface area contributed by atoms with Gasteiger partial charge in [-0.25, -0.2) is 4.68 Å². The van der Waals surface area contributed by atoms with Gasteiger partial charge in [0.15, 0.2) is 0 Å². The van der Waals surface area contributed by atoms with E-state index in [1.54, 1.807) is 12.3 Å². The quantitative estimate of drug-likeness (QED) is 0.709. The minimum atomic E-state index is -4.42. The smallest absolute Gasteiger partial charge is 0.416 e. The molecule has 3 aromatic rings. The molecule has 0 aliphatic rings. The third-order valence-corrected chi connectivity index (χ3v) is 3.27. The van der Waals surface area contributed by atoms with Crippen LogP contribution in [0.5, 0.6) is 5.75 Å². The Morgan fingerprint density at radius 3 is 2.43 bits per heavy atom. The second kappa shape index (κ2) is 6.16. The molecule has 0 bridgehead atoms. The minimum absolute atomic E-state index is 0.251. The van der Waals surface area contributed by atoms with Gasteiger partial charge in [-0.3, -0.25) is 0 Å². The van der Waals surface area contributed by atoms with E-state index in [1.165, 1.54) is 16.9 Å². The number of benzene rings is 2. The Morgan fingerprint density at radius 2 is 1.78 bits per heavy atom. The highest BCUT2D eigenvalue weighted by molar-refractivity contribution is 5.49. The molecule has 6 heteroatoms. The Morgan fingerprint density at radius 1 is 1.00 bits per heavy atom. The van der Waals surface area contributed by atoms with Gasteiger partial charge in [0.1, 0.15) is 18.0 Å². The first-order valence-electron chi connectivity index (χ1n) is 6.92. The molecule has 2 aromatic carbocycles. The lowest BCUT2D eigenvalue weighted by Gasteiger charge is -2.14. The molecule has 0 fully saturated rings. The van der Waals surface area contributed by atoms with Crippen LogP contribution in [0.4, 0.5) is 13.2 Å². The van der Waals surface area contributed by atoms with Gasteiger partial charge in [-0.2, -0.15) is 18.3 Å². The average molecular weight is 318 g/mol. The van der Waals surface area contributed by atoms with Crippen LogP contribution in [0.1, 0.15) is 11.1 Å². The Hall–Kier alpha value is -2.76. The molecule has 0 saturated carbocycles. The first kappa shape index (κ1) is 15.1. The van der Waals surface area contributed by atoms with Crippen LogP contribution in [0.3, 0.4) is 0 Å². The molecule has 0 atom stereocenters. The molecule has 0 aliphatic heterocycles. The number of aromatic nitrogens is 2. The van der Waals surface area contributed by atoms with Crippen LogP contribution in [0, 0.1) is 0 Å². The summed E-state index contributed by atoms with van der Waals surface area (Å²) < 4.78 is 45.8. The van der Waals surface area contributed by atoms with Gasteiger partial charge in [0, 0.05) is 12.4 Å². The zero-order valence-corrected chi connectivity index (χ0v) is 12.0. The topological polar surface area (TPSA) is 27.1 Å². The third-order valence-electron chi connectivity index (χ3n) is 3.27. The zero-order chi connectivity index (χ0) is 16.3. The Kier molecular flexibility index (Phi) is 4.06. The number of hydrogen-bond donors (Lipinski definition) is 0. The number of alkyl halides is 3. The molecule has 0 unspecified atom stereocenters. The normalized spacial score (nSPS) is 11.4. The van der Waals surface area contributed by atoms with Crippen LogP contribution >= 0.6 is 0 Å². The maximum absolute atomic E-state index is 12.9. The van der Waals surface area contributed by atoms with Crippen molar-refractivity contribution in [2.75, 3.05) is 0 Å². The highest BCUT2D eigenvalue weighted by atomic mass is 19.4. The lowest BCUT2D eigenvalue weighted by atomic mass is 10.1. The predicted octanol–water partition coefficient (Wildman–Crippen LogP) is 4.47. The molecule has 118 valence electrons. The van der Waals surface area contributed by atoms with Gasteiger partial charge >= 0.3 is 6.18 Å². The van der Waals surface area contributed by atoms with Crippen molar-refractivity contribution in [1.29, 1.82) is 0 Å². The molecular weight excluding hydrogens is 305 g/mol. The first-order valence-corrected chi connectivity index (χ1v) is 6.92. The van der Waals surface area contributed by atoms with Crippen molar-refractivity contribution in [2.45, 2.75) is 12.8 Å². The molecule has 0 aliphatic carbocycles. The number of halogens is 3. The van der Waals surface area contributed by atoms with Crippen molar-refractivity contribution in [3.05, 3.63) is 78.1 Å². The van der Waals surface area contributed by atoms with Crippen molar-refractivity contribution < 1.29 is 17.9 Å². The number of rotatable bonds is 4. The molecule has 23 heavy (non-hydrogen) atoms. The van der Waals surface area contributed by atoms with Crippen molar-refractivity contribution in [3.63, 3.8) is 0 Å². The highest BCUT2D eigenvalue weighted by Gasteiger charge is 2.31. The molecule has 0 spiro atoms. The standard InChI is InChI=1S/C17H13F3N2O/c18-17(19,20)14-7-8-16(15(11-14)22-10-4-9-21-22)23-12-13-5-2-1-3-6-13/h1-11H,12H2. The summed E-state index contributed by atoms with van der Waals surface area (Å²) in [5, 5.41) is 3.99. The van der Waals surface area contributed by atoms with Crippen LogP contribution < -0.4 is 4.74 Å². The van der Waals surface area contributed by atoms with Crippen LogP contribution in [0.15, 0.2) is 67.0 Å². The van der Waals surface area contributed by atoms with E-state index in [2.05, 4.69) is 5.10 Å². The van der Waals surface area contributed by atoms with Crippen LogP contribution in [-0.2, 0) is 12.8 Å². The molecule has 0 N–H and O–H groups in total. The second-order valence-electron chi connectivity index (χ2n) is 4.91. The van der Waals surface area contributed by atoms with Gasteiger partial charge in [-0.15, -0.1) is 0 Å². The minimum Gasteiger partial charge on any atom is -0.487 e. The highest BCUT2D eigenvalue weighted by Crippen LogP contribution is 2.34. The lowest BCUT2D eigenvalue weighted by Crippen LogP contribution is -2.08. The van der Waals surface area contributed by atoms with Crippen LogP contribution in [-0.4, -0.2) is 9.78 Å². The molecule has 0 saturated heterocycles. The van der Waals surface area contributed by atoms with Crippen molar-refractivity contribution in [1.82, 2.24) is 9.78 Å². The average Bonchev–Trinajstić information content (AvgIpc) is 3.07. The fraction of sp³-hybridized carbons (Fsp3) is 0.118. The van der Waals surface area contributed by atoms with Crippen LogP contribution in [0.25, 0.3) is 5.69 Å². The predicted molar refractivity (Wildman–Crippen MR) is 79.3 cm³/mol. The maximum atomic E-state index is 12.9. The van der Waals surface area contributed by atoms with Crippen LogP contribution in [0.2, 0.25) is 0 Å². The summed E-state index contributed by atoms with van der Waals surface area (Å²) in [6.45, 7) is 0.264. The van der Waals surface area contributed by atoms with E-state index in [9.17, 15) is 13.2 Å². The zero-order valence-electron chi connectivity index (χ0n) is 12.0. The summed E-state index contributed by atoms with van der Waals surface area (Å²) in [4.78, 5) is 0. The molecule has 1 heterocycles. The molecule has 1 aromatic heterocycles. The molecule has 0 radical (unpaired) electrons. The van der Waals surface area contributed by atoms with E-state index in [1.807, 2.05) is 30.3 Å². The van der Waals surface area contributed by atoms with E-state index in [4.69, 9.17) is 4.74 Å². The maximum Gasteiger partial charge on any atom is 0.416 e. The Bertz CT molecular complexity index is 768. The summed E-state index contributed by atoms with van der Waals surface area (Å²) in [6, 6.07) is 14.4. The summed E-state index contributed by atoms with van der Waals surface area (Å²) in [5.74, 6) is 0.338.